The first-order valence-electron chi connectivity index (χ1n) is 8.66. The molecule has 132 valence electrons. The van der Waals surface area contributed by atoms with Crippen molar-refractivity contribution in [1.29, 1.82) is 0 Å². The molecule has 0 nitrogen and oxygen atoms in total. The summed E-state index contributed by atoms with van der Waals surface area (Å²) in [6.45, 7) is 0. The van der Waals surface area contributed by atoms with Gasteiger partial charge in [0, 0.05) is 30.7 Å². The van der Waals surface area contributed by atoms with Crippen LogP contribution in [0.4, 0.5) is 0 Å². The predicted octanol–water partition coefficient (Wildman–Crippen LogP) is 7.75. The van der Waals surface area contributed by atoms with Crippen molar-refractivity contribution in [2.24, 2.45) is 0 Å². The average molecular weight is 403 g/mol. The van der Waals surface area contributed by atoms with Crippen molar-refractivity contribution in [2.75, 3.05) is 0 Å². The summed E-state index contributed by atoms with van der Waals surface area (Å²) in [7, 11) is 0. The van der Waals surface area contributed by atoms with E-state index < -0.39 is 0 Å². The van der Waals surface area contributed by atoms with Crippen molar-refractivity contribution in [1.82, 2.24) is 0 Å². The fourth-order valence-electron chi connectivity index (χ4n) is 3.12. The highest BCUT2D eigenvalue weighted by Gasteiger charge is 2.14. The minimum absolute atomic E-state index is 0.981. The van der Waals surface area contributed by atoms with Crippen LogP contribution in [0.5, 0.6) is 0 Å². The average Bonchev–Trinajstić information content (AvgIpc) is 2.70. The Labute approximate surface area is 175 Å². The first-order chi connectivity index (χ1) is 13.2. The first kappa shape index (κ1) is 18.3. The van der Waals surface area contributed by atoms with E-state index >= 15 is 0 Å². The van der Waals surface area contributed by atoms with Gasteiger partial charge in [-0.1, -0.05) is 84.6 Å². The van der Waals surface area contributed by atoms with Crippen LogP contribution < -0.4 is 0 Å². The van der Waals surface area contributed by atoms with E-state index in [-0.39, 0.29) is 0 Å². The number of hydrogen-bond acceptors (Lipinski definition) is 3. The topological polar surface area (TPSA) is 0 Å². The monoisotopic (exact) mass is 402 g/mol. The Morgan fingerprint density at radius 3 is 1.26 bits per heavy atom. The van der Waals surface area contributed by atoms with Crippen molar-refractivity contribution in [3.63, 3.8) is 0 Å². The second-order valence-corrected chi connectivity index (χ2v) is 8.18. The lowest BCUT2D eigenvalue weighted by atomic mass is 10.1. The predicted molar refractivity (Wildman–Crippen MR) is 122 cm³/mol. The summed E-state index contributed by atoms with van der Waals surface area (Å²) in [6.07, 6.45) is 0. The van der Waals surface area contributed by atoms with Gasteiger partial charge >= 0.3 is 0 Å². The van der Waals surface area contributed by atoms with Gasteiger partial charge in [0.15, 0.2) is 0 Å². The molecule has 0 saturated carbocycles. The molecule has 0 aliphatic heterocycles. The highest BCUT2D eigenvalue weighted by molar-refractivity contribution is 7.99. The molecule has 27 heavy (non-hydrogen) atoms. The number of benzene rings is 4. The minimum atomic E-state index is 0.981. The van der Waals surface area contributed by atoms with Gasteiger partial charge in [0.25, 0.3) is 0 Å². The summed E-state index contributed by atoms with van der Waals surface area (Å²) in [5, 5.41) is 0. The summed E-state index contributed by atoms with van der Waals surface area (Å²) in [5.74, 6) is 0. The third-order valence-electron chi connectivity index (χ3n) is 4.35. The van der Waals surface area contributed by atoms with Gasteiger partial charge in [-0.15, -0.1) is 25.3 Å². The zero-order chi connectivity index (χ0) is 18.6. The quantitative estimate of drug-likeness (QED) is 0.329. The van der Waals surface area contributed by atoms with Gasteiger partial charge in [0.1, 0.15) is 0 Å². The third kappa shape index (κ3) is 3.96. The molecule has 0 fully saturated rings. The van der Waals surface area contributed by atoms with Gasteiger partial charge in [-0.25, -0.2) is 0 Å². The zero-order valence-corrected chi connectivity index (χ0v) is 17.1. The summed E-state index contributed by atoms with van der Waals surface area (Å²) in [5.41, 5.74) is 4.67. The Hall–Kier alpha value is -2.07. The van der Waals surface area contributed by atoms with Crippen LogP contribution in [-0.2, 0) is 0 Å². The van der Waals surface area contributed by atoms with Crippen molar-refractivity contribution in [2.45, 2.75) is 19.6 Å². The largest absolute Gasteiger partial charge is 0.143 e. The normalized spacial score (nSPS) is 10.7. The summed E-state index contributed by atoms with van der Waals surface area (Å²) >= 11 is 11.2. The molecule has 0 unspecified atom stereocenters. The van der Waals surface area contributed by atoms with Crippen molar-refractivity contribution in [3.05, 3.63) is 97.1 Å². The molecule has 0 spiro atoms. The molecular formula is C24H18S3. The standard InChI is InChI=1S/C24H18S3/c25-19-13-7-15-21(23(19)17-9-3-1-4-10-17)27-22-16-8-14-20(26)24(22)18-11-5-2-6-12-18/h1-16,25-26H. The molecule has 0 saturated heterocycles. The molecule has 0 aliphatic rings. The van der Waals surface area contributed by atoms with Crippen LogP contribution in [0.2, 0.25) is 0 Å². The lowest BCUT2D eigenvalue weighted by molar-refractivity contribution is 1.30. The number of hydrogen-bond donors (Lipinski definition) is 2. The maximum Gasteiger partial charge on any atom is 0.0212 e. The lowest BCUT2D eigenvalue weighted by Gasteiger charge is -2.16. The molecular weight excluding hydrogens is 384 g/mol. The zero-order valence-electron chi connectivity index (χ0n) is 14.5. The summed E-state index contributed by atoms with van der Waals surface area (Å²) in [6, 6.07) is 33.4. The molecule has 0 N–H and O–H groups in total. The van der Waals surface area contributed by atoms with Crippen LogP contribution in [0.25, 0.3) is 22.3 Å². The second-order valence-electron chi connectivity index (χ2n) is 6.13. The van der Waals surface area contributed by atoms with E-state index in [2.05, 4.69) is 72.8 Å². The molecule has 4 rings (SSSR count). The minimum Gasteiger partial charge on any atom is -0.143 e. The summed E-state index contributed by atoms with van der Waals surface area (Å²) < 4.78 is 0. The van der Waals surface area contributed by atoms with Gasteiger partial charge < -0.3 is 0 Å². The highest BCUT2D eigenvalue weighted by atomic mass is 32.2. The maximum atomic E-state index is 4.73. The molecule has 0 aromatic heterocycles. The van der Waals surface area contributed by atoms with Crippen LogP contribution >= 0.6 is 37.0 Å². The fraction of sp³-hybridized carbons (Fsp3) is 0. The first-order valence-corrected chi connectivity index (χ1v) is 10.4. The van der Waals surface area contributed by atoms with Crippen molar-refractivity contribution < 1.29 is 0 Å². The molecule has 0 bridgehead atoms. The van der Waals surface area contributed by atoms with E-state index in [1.54, 1.807) is 11.8 Å². The summed E-state index contributed by atoms with van der Waals surface area (Å²) in [4.78, 5) is 4.33. The van der Waals surface area contributed by atoms with Crippen molar-refractivity contribution in [3.8, 4) is 22.3 Å². The van der Waals surface area contributed by atoms with Gasteiger partial charge in [-0.3, -0.25) is 0 Å². The van der Waals surface area contributed by atoms with E-state index in [4.69, 9.17) is 25.3 Å². The highest BCUT2D eigenvalue weighted by Crippen LogP contribution is 2.44. The molecule has 0 radical (unpaired) electrons. The van der Waals surface area contributed by atoms with E-state index in [0.29, 0.717) is 0 Å². The smallest absolute Gasteiger partial charge is 0.0212 e. The van der Waals surface area contributed by atoms with Crippen LogP contribution in [0.15, 0.2) is 117 Å². The van der Waals surface area contributed by atoms with Gasteiger partial charge in [-0.2, -0.15) is 0 Å². The van der Waals surface area contributed by atoms with Gasteiger partial charge in [0.05, 0.1) is 0 Å². The Balaban J connectivity index is 1.84. The molecule has 3 heteroatoms. The fourth-order valence-corrected chi connectivity index (χ4v) is 5.13. The molecule has 0 aliphatic carbocycles. The Morgan fingerprint density at radius 2 is 0.852 bits per heavy atom. The van der Waals surface area contributed by atoms with Crippen LogP contribution in [0.3, 0.4) is 0 Å². The van der Waals surface area contributed by atoms with Crippen molar-refractivity contribution >= 4 is 37.0 Å². The Morgan fingerprint density at radius 1 is 0.444 bits per heavy atom. The van der Waals surface area contributed by atoms with E-state index in [1.165, 1.54) is 20.9 Å². The number of thiol groups is 2. The lowest BCUT2D eigenvalue weighted by Crippen LogP contribution is -1.88. The van der Waals surface area contributed by atoms with E-state index in [1.807, 2.05) is 24.3 Å². The molecule has 4 aromatic rings. The van der Waals surface area contributed by atoms with E-state index in [9.17, 15) is 0 Å². The maximum absolute atomic E-state index is 4.73. The third-order valence-corrected chi connectivity index (χ3v) is 6.22. The van der Waals surface area contributed by atoms with Gasteiger partial charge in [-0.05, 0) is 35.4 Å². The Bertz CT molecular complexity index is 970. The molecule has 4 aromatic carbocycles. The number of rotatable bonds is 4. The van der Waals surface area contributed by atoms with Crippen LogP contribution in [0.1, 0.15) is 0 Å². The molecule has 0 amide bonds. The molecule has 0 atom stereocenters. The second kappa shape index (κ2) is 8.30. The van der Waals surface area contributed by atoms with Gasteiger partial charge in [0.2, 0.25) is 0 Å². The Kier molecular flexibility index (Phi) is 5.63. The van der Waals surface area contributed by atoms with Crippen LogP contribution in [-0.4, -0.2) is 0 Å². The SMILES string of the molecule is Sc1cccc(Sc2cccc(S)c2-c2ccccc2)c1-c1ccccc1. The van der Waals surface area contributed by atoms with Crippen LogP contribution in [0, 0.1) is 0 Å². The van der Waals surface area contributed by atoms with E-state index in [0.717, 1.165) is 20.9 Å². The molecule has 0 heterocycles.